The molecule has 0 heterocycles. The van der Waals surface area contributed by atoms with Gasteiger partial charge in [-0.15, -0.1) is 0 Å². The summed E-state index contributed by atoms with van der Waals surface area (Å²) in [5.74, 6) is -0.449. The van der Waals surface area contributed by atoms with Gasteiger partial charge in [0.1, 0.15) is 5.82 Å². The first-order chi connectivity index (χ1) is 12.4. The van der Waals surface area contributed by atoms with Crippen molar-refractivity contribution in [3.8, 4) is 0 Å². The average Bonchev–Trinajstić information content (AvgIpc) is 3.45. The number of ketones is 1. The van der Waals surface area contributed by atoms with E-state index in [0.29, 0.717) is 16.8 Å². The molecular formula is C20H21FN2O3. The molecule has 1 aliphatic rings. The van der Waals surface area contributed by atoms with E-state index in [1.807, 2.05) is 0 Å². The van der Waals surface area contributed by atoms with Crippen molar-refractivity contribution in [3.63, 3.8) is 0 Å². The number of rotatable bonds is 6. The molecule has 26 heavy (non-hydrogen) atoms. The Morgan fingerprint density at radius 1 is 1.23 bits per heavy atom. The smallest absolute Gasteiger partial charge is 0.322 e. The van der Waals surface area contributed by atoms with Crippen LogP contribution in [0.15, 0.2) is 48.5 Å². The maximum atomic E-state index is 13.0. The SMILES string of the molecule is CC(=O)c1cccc(NC(=O)N(C[C@@H](O)c2ccc(F)cc2)C2CC2)c1. The summed E-state index contributed by atoms with van der Waals surface area (Å²) < 4.78 is 13.0. The lowest BCUT2D eigenvalue weighted by Crippen LogP contribution is -2.39. The molecule has 136 valence electrons. The van der Waals surface area contributed by atoms with Gasteiger partial charge < -0.3 is 15.3 Å². The molecule has 0 radical (unpaired) electrons. The molecule has 1 aliphatic carbocycles. The zero-order chi connectivity index (χ0) is 18.7. The Balaban J connectivity index is 1.69. The Hall–Kier alpha value is -2.73. The van der Waals surface area contributed by atoms with Crippen LogP contribution in [-0.2, 0) is 0 Å². The normalized spacial score (nSPS) is 14.6. The number of nitrogens with one attached hydrogen (secondary N) is 1. The van der Waals surface area contributed by atoms with Gasteiger partial charge in [0.25, 0.3) is 0 Å². The molecule has 0 aromatic heterocycles. The molecule has 1 fully saturated rings. The van der Waals surface area contributed by atoms with Crippen LogP contribution in [0.3, 0.4) is 0 Å². The second kappa shape index (κ2) is 7.66. The minimum Gasteiger partial charge on any atom is -0.387 e. The highest BCUT2D eigenvalue weighted by Gasteiger charge is 2.34. The van der Waals surface area contributed by atoms with Gasteiger partial charge >= 0.3 is 6.03 Å². The van der Waals surface area contributed by atoms with Crippen molar-refractivity contribution in [3.05, 3.63) is 65.5 Å². The predicted octanol–water partition coefficient (Wildman–Crippen LogP) is 3.76. The maximum Gasteiger partial charge on any atom is 0.322 e. The van der Waals surface area contributed by atoms with Crippen LogP contribution in [0.2, 0.25) is 0 Å². The molecule has 5 nitrogen and oxygen atoms in total. The lowest BCUT2D eigenvalue weighted by molar-refractivity contribution is 0.101. The van der Waals surface area contributed by atoms with Crippen molar-refractivity contribution in [1.82, 2.24) is 4.90 Å². The largest absolute Gasteiger partial charge is 0.387 e. The van der Waals surface area contributed by atoms with Crippen molar-refractivity contribution in [1.29, 1.82) is 0 Å². The molecular weight excluding hydrogens is 335 g/mol. The van der Waals surface area contributed by atoms with Gasteiger partial charge in [0.2, 0.25) is 0 Å². The molecule has 3 rings (SSSR count). The van der Waals surface area contributed by atoms with Gasteiger partial charge in [0.15, 0.2) is 5.78 Å². The zero-order valence-electron chi connectivity index (χ0n) is 14.5. The van der Waals surface area contributed by atoms with E-state index in [1.54, 1.807) is 29.2 Å². The van der Waals surface area contributed by atoms with E-state index >= 15 is 0 Å². The minimum atomic E-state index is -0.898. The summed E-state index contributed by atoms with van der Waals surface area (Å²) in [5.41, 5.74) is 1.61. The predicted molar refractivity (Wildman–Crippen MR) is 96.6 cm³/mol. The van der Waals surface area contributed by atoms with Gasteiger partial charge in [-0.3, -0.25) is 4.79 Å². The molecule has 6 heteroatoms. The number of carbonyl (C=O) groups excluding carboxylic acids is 2. The number of anilines is 1. The number of Topliss-reactive ketones (excluding diaryl/α,β-unsaturated/α-hetero) is 1. The van der Waals surface area contributed by atoms with Gasteiger partial charge in [-0.05, 0) is 49.6 Å². The number of aliphatic hydroxyl groups excluding tert-OH is 1. The standard InChI is InChI=1S/C20H21FN2O3/c1-13(24)15-3-2-4-17(11-15)22-20(26)23(18-9-10-18)12-19(25)14-5-7-16(21)8-6-14/h2-8,11,18-19,25H,9-10,12H2,1H3,(H,22,26)/t19-/m1/s1. The Kier molecular flexibility index (Phi) is 5.32. The molecule has 2 N–H and O–H groups in total. The summed E-state index contributed by atoms with van der Waals surface area (Å²) in [6, 6.07) is 12.1. The van der Waals surface area contributed by atoms with E-state index in [-0.39, 0.29) is 30.2 Å². The lowest BCUT2D eigenvalue weighted by Gasteiger charge is -2.26. The lowest BCUT2D eigenvalue weighted by atomic mass is 10.1. The molecule has 0 saturated heterocycles. The van der Waals surface area contributed by atoms with Crippen molar-refractivity contribution < 1.29 is 19.1 Å². The number of halogens is 1. The van der Waals surface area contributed by atoms with Crippen molar-refractivity contribution in [2.24, 2.45) is 0 Å². The van der Waals surface area contributed by atoms with Crippen molar-refractivity contribution in [2.75, 3.05) is 11.9 Å². The Morgan fingerprint density at radius 2 is 1.92 bits per heavy atom. The Morgan fingerprint density at radius 3 is 2.54 bits per heavy atom. The third-order valence-corrected chi connectivity index (χ3v) is 4.39. The van der Waals surface area contributed by atoms with E-state index in [0.717, 1.165) is 12.8 Å². The number of amides is 2. The first kappa shape index (κ1) is 18.1. The summed E-state index contributed by atoms with van der Waals surface area (Å²) in [7, 11) is 0. The average molecular weight is 356 g/mol. The highest BCUT2D eigenvalue weighted by Crippen LogP contribution is 2.29. The minimum absolute atomic E-state index is 0.0770. The van der Waals surface area contributed by atoms with Crippen molar-refractivity contribution in [2.45, 2.75) is 31.9 Å². The number of hydrogen-bond acceptors (Lipinski definition) is 3. The van der Waals surface area contributed by atoms with Gasteiger partial charge in [-0.25, -0.2) is 9.18 Å². The van der Waals surface area contributed by atoms with Gasteiger partial charge in [0, 0.05) is 17.3 Å². The number of benzene rings is 2. The summed E-state index contributed by atoms with van der Waals surface area (Å²) >= 11 is 0. The van der Waals surface area contributed by atoms with Crippen LogP contribution in [0.4, 0.5) is 14.9 Å². The summed E-state index contributed by atoms with van der Waals surface area (Å²) in [4.78, 5) is 25.7. The van der Waals surface area contributed by atoms with E-state index in [4.69, 9.17) is 0 Å². The quantitative estimate of drug-likeness (QED) is 0.775. The molecule has 2 aromatic rings. The monoisotopic (exact) mass is 356 g/mol. The molecule has 0 unspecified atom stereocenters. The second-order valence-corrected chi connectivity index (χ2v) is 6.52. The van der Waals surface area contributed by atoms with Crippen LogP contribution < -0.4 is 5.32 Å². The topological polar surface area (TPSA) is 69.6 Å². The number of aliphatic hydroxyl groups is 1. The zero-order valence-corrected chi connectivity index (χ0v) is 14.5. The first-order valence-electron chi connectivity index (χ1n) is 8.56. The number of urea groups is 1. The van der Waals surface area contributed by atoms with Crippen LogP contribution in [0, 0.1) is 5.82 Å². The van der Waals surface area contributed by atoms with Crippen LogP contribution in [0.5, 0.6) is 0 Å². The van der Waals surface area contributed by atoms with Gasteiger partial charge in [-0.1, -0.05) is 24.3 Å². The number of nitrogens with zero attached hydrogens (tertiary/aromatic N) is 1. The third kappa shape index (κ3) is 4.46. The highest BCUT2D eigenvalue weighted by molar-refractivity contribution is 5.96. The van der Waals surface area contributed by atoms with E-state index in [2.05, 4.69) is 5.32 Å². The number of carbonyl (C=O) groups is 2. The molecule has 1 atom stereocenters. The second-order valence-electron chi connectivity index (χ2n) is 6.52. The number of hydrogen-bond donors (Lipinski definition) is 2. The molecule has 2 amide bonds. The fourth-order valence-electron chi connectivity index (χ4n) is 2.77. The van der Waals surface area contributed by atoms with Crippen LogP contribution >= 0.6 is 0 Å². The first-order valence-corrected chi connectivity index (χ1v) is 8.56. The summed E-state index contributed by atoms with van der Waals surface area (Å²) in [6.07, 6.45) is 0.874. The highest BCUT2D eigenvalue weighted by atomic mass is 19.1. The fourth-order valence-corrected chi connectivity index (χ4v) is 2.77. The molecule has 0 aliphatic heterocycles. The van der Waals surface area contributed by atoms with Crippen LogP contribution in [0.1, 0.15) is 41.8 Å². The van der Waals surface area contributed by atoms with E-state index < -0.39 is 6.10 Å². The van der Waals surface area contributed by atoms with Crippen LogP contribution in [-0.4, -0.2) is 34.4 Å². The molecule has 2 aromatic carbocycles. The summed E-state index contributed by atoms with van der Waals surface area (Å²) in [5, 5.41) is 13.2. The van der Waals surface area contributed by atoms with Gasteiger partial charge in [0.05, 0.1) is 12.6 Å². The Labute approximate surface area is 151 Å². The molecule has 1 saturated carbocycles. The molecule has 0 spiro atoms. The van der Waals surface area contributed by atoms with E-state index in [1.165, 1.54) is 31.2 Å². The molecule has 0 bridgehead atoms. The maximum absolute atomic E-state index is 13.0. The van der Waals surface area contributed by atoms with Gasteiger partial charge in [-0.2, -0.15) is 0 Å². The third-order valence-electron chi connectivity index (χ3n) is 4.39. The summed E-state index contributed by atoms with van der Waals surface area (Å²) in [6.45, 7) is 1.59. The van der Waals surface area contributed by atoms with Crippen molar-refractivity contribution >= 4 is 17.5 Å². The Bertz CT molecular complexity index is 803. The van der Waals surface area contributed by atoms with E-state index in [9.17, 15) is 19.1 Å². The fraction of sp³-hybridized carbons (Fsp3) is 0.300. The van der Waals surface area contributed by atoms with Crippen LogP contribution in [0.25, 0.3) is 0 Å².